The monoisotopic (exact) mass is 294 g/mol. The fraction of sp³-hybridized carbons (Fsp3) is 0.222. The number of hydrogen-bond acceptors (Lipinski definition) is 3. The topological polar surface area (TPSA) is 52.9 Å². The molecule has 4 nitrogen and oxygen atoms in total. The summed E-state index contributed by atoms with van der Waals surface area (Å²) in [4.78, 5) is 12.7. The van der Waals surface area contributed by atoms with Gasteiger partial charge in [0.05, 0.1) is 0 Å². The molecule has 0 saturated heterocycles. The summed E-state index contributed by atoms with van der Waals surface area (Å²) in [6, 6.07) is 18.6. The number of aliphatic hydroxyl groups is 1. The van der Waals surface area contributed by atoms with Crippen LogP contribution in [0.5, 0.6) is 0 Å². The molecule has 3 rings (SSSR count). The molecule has 0 bridgehead atoms. The van der Waals surface area contributed by atoms with Crippen LogP contribution in [-0.2, 0) is 6.42 Å². The number of carbonyl (C=O) groups is 1. The minimum Gasteiger partial charge on any atom is -0.368 e. The summed E-state index contributed by atoms with van der Waals surface area (Å²) in [6.07, 6.45) is 0.716. The third-order valence-electron chi connectivity index (χ3n) is 3.75. The molecule has 1 atom stereocenters. The van der Waals surface area contributed by atoms with E-state index in [1.807, 2.05) is 43.3 Å². The SMILES string of the molecule is CC1=NN(C(=O)c2ccccc2)C(O)(Cc2ccccc2)C1. The van der Waals surface area contributed by atoms with Gasteiger partial charge in [-0.15, -0.1) is 0 Å². The Morgan fingerprint density at radius 2 is 1.73 bits per heavy atom. The predicted molar refractivity (Wildman–Crippen MR) is 85.4 cm³/mol. The second-order valence-electron chi connectivity index (χ2n) is 5.64. The van der Waals surface area contributed by atoms with E-state index >= 15 is 0 Å². The van der Waals surface area contributed by atoms with E-state index in [1.165, 1.54) is 5.01 Å². The molecule has 1 unspecified atom stereocenters. The van der Waals surface area contributed by atoms with Crippen molar-refractivity contribution in [2.24, 2.45) is 5.10 Å². The lowest BCUT2D eigenvalue weighted by Crippen LogP contribution is -2.47. The molecular weight excluding hydrogens is 276 g/mol. The van der Waals surface area contributed by atoms with Gasteiger partial charge in [0.2, 0.25) is 0 Å². The lowest BCUT2D eigenvalue weighted by molar-refractivity contribution is -0.0697. The molecule has 2 aromatic rings. The summed E-state index contributed by atoms with van der Waals surface area (Å²) in [6.45, 7) is 1.83. The normalized spacial score (nSPS) is 20.8. The minimum atomic E-state index is -1.31. The van der Waals surface area contributed by atoms with Crippen LogP contribution >= 0.6 is 0 Å². The Bertz CT molecular complexity index is 698. The quantitative estimate of drug-likeness (QED) is 0.946. The highest BCUT2D eigenvalue weighted by molar-refractivity contribution is 5.97. The average molecular weight is 294 g/mol. The van der Waals surface area contributed by atoms with Gasteiger partial charge >= 0.3 is 0 Å². The highest BCUT2D eigenvalue weighted by Crippen LogP contribution is 2.30. The summed E-state index contributed by atoms with van der Waals surface area (Å²) >= 11 is 0. The molecule has 0 saturated carbocycles. The first-order chi connectivity index (χ1) is 10.6. The van der Waals surface area contributed by atoms with E-state index in [0.29, 0.717) is 18.4 Å². The summed E-state index contributed by atoms with van der Waals surface area (Å²) < 4.78 is 0. The molecule has 0 spiro atoms. The minimum absolute atomic E-state index is 0.282. The first-order valence-corrected chi connectivity index (χ1v) is 7.28. The first kappa shape index (κ1) is 14.5. The molecule has 0 fully saturated rings. The van der Waals surface area contributed by atoms with Crippen molar-refractivity contribution in [1.29, 1.82) is 0 Å². The number of rotatable bonds is 3. The Kier molecular flexibility index (Phi) is 3.77. The van der Waals surface area contributed by atoms with Gasteiger partial charge in [-0.25, -0.2) is 0 Å². The lowest BCUT2D eigenvalue weighted by Gasteiger charge is -2.31. The number of nitrogens with zero attached hydrogens (tertiary/aromatic N) is 2. The molecule has 0 aromatic heterocycles. The molecule has 22 heavy (non-hydrogen) atoms. The summed E-state index contributed by atoms with van der Waals surface area (Å²) in [7, 11) is 0. The van der Waals surface area contributed by atoms with Gasteiger partial charge in [0.25, 0.3) is 5.91 Å². The van der Waals surface area contributed by atoms with Crippen LogP contribution in [0.15, 0.2) is 65.8 Å². The Morgan fingerprint density at radius 1 is 1.14 bits per heavy atom. The second kappa shape index (κ2) is 5.73. The molecule has 112 valence electrons. The first-order valence-electron chi connectivity index (χ1n) is 7.28. The van der Waals surface area contributed by atoms with Crippen LogP contribution in [-0.4, -0.2) is 27.5 Å². The Labute approximate surface area is 129 Å². The van der Waals surface area contributed by atoms with Gasteiger partial charge < -0.3 is 5.11 Å². The van der Waals surface area contributed by atoms with Crippen LogP contribution in [0.1, 0.15) is 29.3 Å². The third-order valence-corrected chi connectivity index (χ3v) is 3.75. The molecule has 1 amide bonds. The Hall–Kier alpha value is -2.46. The average Bonchev–Trinajstić information content (AvgIpc) is 2.82. The highest BCUT2D eigenvalue weighted by Gasteiger charge is 2.43. The van der Waals surface area contributed by atoms with Gasteiger partial charge in [-0.3, -0.25) is 4.79 Å². The molecule has 0 aliphatic carbocycles. The zero-order chi connectivity index (χ0) is 15.6. The van der Waals surface area contributed by atoms with Gasteiger partial charge in [0, 0.05) is 24.1 Å². The molecule has 1 aliphatic heterocycles. The summed E-state index contributed by atoms with van der Waals surface area (Å²) in [5, 5.41) is 16.5. The van der Waals surface area contributed by atoms with Crippen LogP contribution in [0, 0.1) is 0 Å². The van der Waals surface area contributed by atoms with Gasteiger partial charge in [0.15, 0.2) is 5.72 Å². The van der Waals surface area contributed by atoms with Crippen molar-refractivity contribution in [2.75, 3.05) is 0 Å². The largest absolute Gasteiger partial charge is 0.368 e. The Balaban J connectivity index is 1.89. The van der Waals surface area contributed by atoms with Gasteiger partial charge in [-0.1, -0.05) is 48.5 Å². The maximum atomic E-state index is 12.7. The number of amides is 1. The maximum absolute atomic E-state index is 12.7. The fourth-order valence-corrected chi connectivity index (χ4v) is 2.78. The predicted octanol–water partition coefficient (Wildman–Crippen LogP) is 2.84. The number of hydrazone groups is 1. The molecule has 1 aliphatic rings. The number of hydrogen-bond donors (Lipinski definition) is 1. The molecule has 1 heterocycles. The molecular formula is C18H18N2O2. The van der Waals surface area contributed by atoms with Crippen LogP contribution in [0.4, 0.5) is 0 Å². The van der Waals surface area contributed by atoms with E-state index in [2.05, 4.69) is 5.10 Å². The van der Waals surface area contributed by atoms with E-state index in [0.717, 1.165) is 11.3 Å². The van der Waals surface area contributed by atoms with Gasteiger partial charge in [0.1, 0.15) is 0 Å². The van der Waals surface area contributed by atoms with E-state index in [9.17, 15) is 9.90 Å². The van der Waals surface area contributed by atoms with Crippen LogP contribution < -0.4 is 0 Å². The molecule has 2 aromatic carbocycles. The van der Waals surface area contributed by atoms with Crippen molar-refractivity contribution in [3.63, 3.8) is 0 Å². The zero-order valence-corrected chi connectivity index (χ0v) is 12.4. The van der Waals surface area contributed by atoms with E-state index < -0.39 is 5.72 Å². The van der Waals surface area contributed by atoms with E-state index in [1.54, 1.807) is 24.3 Å². The number of benzene rings is 2. The van der Waals surface area contributed by atoms with Crippen LogP contribution in [0.2, 0.25) is 0 Å². The van der Waals surface area contributed by atoms with Crippen molar-refractivity contribution < 1.29 is 9.90 Å². The van der Waals surface area contributed by atoms with Gasteiger partial charge in [-0.05, 0) is 24.6 Å². The molecule has 0 radical (unpaired) electrons. The van der Waals surface area contributed by atoms with E-state index in [4.69, 9.17) is 0 Å². The highest BCUT2D eigenvalue weighted by atomic mass is 16.3. The van der Waals surface area contributed by atoms with Crippen molar-refractivity contribution in [3.05, 3.63) is 71.8 Å². The van der Waals surface area contributed by atoms with Crippen molar-refractivity contribution >= 4 is 11.6 Å². The maximum Gasteiger partial charge on any atom is 0.276 e. The molecule has 1 N–H and O–H groups in total. The van der Waals surface area contributed by atoms with Crippen molar-refractivity contribution in [3.8, 4) is 0 Å². The fourth-order valence-electron chi connectivity index (χ4n) is 2.78. The lowest BCUT2D eigenvalue weighted by atomic mass is 9.97. The third kappa shape index (κ3) is 2.78. The Morgan fingerprint density at radius 3 is 2.36 bits per heavy atom. The summed E-state index contributed by atoms with van der Waals surface area (Å²) in [5.41, 5.74) is 0.939. The van der Waals surface area contributed by atoms with Gasteiger partial charge in [-0.2, -0.15) is 10.1 Å². The van der Waals surface area contributed by atoms with Crippen LogP contribution in [0.3, 0.4) is 0 Å². The van der Waals surface area contributed by atoms with Crippen molar-refractivity contribution in [1.82, 2.24) is 5.01 Å². The standard InChI is InChI=1S/C18H18N2O2/c1-14-12-18(22,13-15-8-4-2-5-9-15)20(19-14)17(21)16-10-6-3-7-11-16/h2-11,22H,12-13H2,1H3. The summed E-state index contributed by atoms with van der Waals surface area (Å²) in [5.74, 6) is -0.282. The van der Waals surface area contributed by atoms with E-state index in [-0.39, 0.29) is 5.91 Å². The zero-order valence-electron chi connectivity index (χ0n) is 12.4. The molecule has 4 heteroatoms. The number of carbonyl (C=O) groups excluding carboxylic acids is 1. The van der Waals surface area contributed by atoms with Crippen LogP contribution in [0.25, 0.3) is 0 Å². The second-order valence-corrected chi connectivity index (χ2v) is 5.64. The van der Waals surface area contributed by atoms with Crippen molar-refractivity contribution in [2.45, 2.75) is 25.5 Å². The smallest absolute Gasteiger partial charge is 0.276 e.